The minimum absolute atomic E-state index is 0.0145. The molecule has 2 amide bonds. The zero-order valence-electron chi connectivity index (χ0n) is 17.6. The number of hydrogen-bond donors (Lipinski definition) is 1. The Balaban J connectivity index is 1.48. The second-order valence-corrected chi connectivity index (χ2v) is 8.70. The summed E-state index contributed by atoms with van der Waals surface area (Å²) in [5.41, 5.74) is 0.514. The minimum atomic E-state index is -0.538. The largest absolute Gasteiger partial charge is 0.484 e. The summed E-state index contributed by atoms with van der Waals surface area (Å²) >= 11 is 0. The third-order valence-corrected chi connectivity index (χ3v) is 4.96. The van der Waals surface area contributed by atoms with Crippen molar-refractivity contribution in [3.63, 3.8) is 0 Å². The molecule has 0 unspecified atom stereocenters. The van der Waals surface area contributed by atoms with Crippen LogP contribution in [0.4, 0.5) is 4.79 Å². The van der Waals surface area contributed by atoms with Crippen LogP contribution in [0.5, 0.6) is 5.75 Å². The number of ether oxygens (including phenoxy) is 3. The smallest absolute Gasteiger partial charge is 0.407 e. The van der Waals surface area contributed by atoms with Gasteiger partial charge in [-0.05, 0) is 64.2 Å². The molecule has 1 N–H and O–H groups in total. The molecule has 2 heterocycles. The van der Waals surface area contributed by atoms with Gasteiger partial charge >= 0.3 is 6.09 Å². The van der Waals surface area contributed by atoms with Gasteiger partial charge in [0.1, 0.15) is 17.5 Å². The summed E-state index contributed by atoms with van der Waals surface area (Å²) in [4.78, 5) is 26.2. The van der Waals surface area contributed by atoms with Crippen LogP contribution in [0.25, 0.3) is 0 Å². The third-order valence-electron chi connectivity index (χ3n) is 4.96. The average molecular weight is 405 g/mol. The number of nitrogens with zero attached hydrogens (tertiary/aromatic N) is 1. The van der Waals surface area contributed by atoms with Crippen molar-refractivity contribution < 1.29 is 23.8 Å². The van der Waals surface area contributed by atoms with Gasteiger partial charge in [0.15, 0.2) is 6.61 Å². The highest BCUT2D eigenvalue weighted by Gasteiger charge is 2.35. The van der Waals surface area contributed by atoms with Gasteiger partial charge in [0, 0.05) is 13.1 Å². The fourth-order valence-electron chi connectivity index (χ4n) is 3.38. The number of likely N-dealkylation sites (tertiary alicyclic amines) is 1. The zero-order valence-corrected chi connectivity index (χ0v) is 17.6. The molecule has 1 aromatic carbocycles. The van der Waals surface area contributed by atoms with Crippen molar-refractivity contribution in [2.24, 2.45) is 0 Å². The van der Waals surface area contributed by atoms with Gasteiger partial charge in [0.25, 0.3) is 5.91 Å². The van der Waals surface area contributed by atoms with E-state index >= 15 is 0 Å². The lowest BCUT2D eigenvalue weighted by molar-refractivity contribution is -0.134. The molecule has 2 saturated heterocycles. The van der Waals surface area contributed by atoms with Crippen molar-refractivity contribution in [2.45, 2.75) is 64.2 Å². The highest BCUT2D eigenvalue weighted by molar-refractivity contribution is 5.77. The molecule has 2 fully saturated rings. The van der Waals surface area contributed by atoms with E-state index in [1.165, 1.54) is 6.42 Å². The topological polar surface area (TPSA) is 80.4 Å². The molecule has 0 spiro atoms. The van der Waals surface area contributed by atoms with Crippen molar-refractivity contribution in [3.05, 3.63) is 29.8 Å². The molecule has 1 aromatic rings. The Morgan fingerprint density at radius 3 is 2.41 bits per heavy atom. The summed E-state index contributed by atoms with van der Waals surface area (Å²) in [6, 6.07) is 7.48. The van der Waals surface area contributed by atoms with Gasteiger partial charge in [0.2, 0.25) is 0 Å². The second-order valence-electron chi connectivity index (χ2n) is 8.70. The van der Waals surface area contributed by atoms with Crippen molar-refractivity contribution in [3.8, 4) is 5.75 Å². The molecule has 0 saturated carbocycles. The fraction of sp³-hybridized carbons (Fsp3) is 0.636. The minimum Gasteiger partial charge on any atom is -0.484 e. The van der Waals surface area contributed by atoms with Crippen molar-refractivity contribution in [1.29, 1.82) is 0 Å². The number of alkyl carbamates (subject to hydrolysis) is 1. The molecular weight excluding hydrogens is 372 g/mol. The molecule has 0 radical (unpaired) electrons. The number of nitrogens with one attached hydrogen (secondary N) is 1. The van der Waals surface area contributed by atoms with E-state index in [0.717, 1.165) is 31.5 Å². The number of hydrogen-bond acceptors (Lipinski definition) is 5. The van der Waals surface area contributed by atoms with Crippen molar-refractivity contribution in [1.82, 2.24) is 10.2 Å². The standard InChI is InChI=1S/C22H32N2O5/c1-22(2,3)29-21(26)23-18(19-14-28-19)13-16-7-9-17(10-8-16)27-15-20(25)24-11-5-4-6-12-24/h7-10,18-19H,4-6,11-15H2,1-3H3,(H,23,26)/t18-,19+/m0/s1. The lowest BCUT2D eigenvalue weighted by atomic mass is 10.0. The maximum atomic E-state index is 12.2. The van der Waals surface area contributed by atoms with Crippen LogP contribution in [0.1, 0.15) is 45.6 Å². The van der Waals surface area contributed by atoms with Crippen LogP contribution in [0, 0.1) is 0 Å². The number of carbonyl (C=O) groups is 2. The number of benzene rings is 1. The van der Waals surface area contributed by atoms with E-state index in [9.17, 15) is 9.59 Å². The van der Waals surface area contributed by atoms with E-state index in [-0.39, 0.29) is 24.7 Å². The quantitative estimate of drug-likeness (QED) is 0.707. The molecule has 0 bridgehead atoms. The predicted molar refractivity (Wildman–Crippen MR) is 109 cm³/mol. The highest BCUT2D eigenvalue weighted by atomic mass is 16.6. The lowest BCUT2D eigenvalue weighted by Gasteiger charge is -2.26. The Labute approximate surface area is 172 Å². The molecular formula is C22H32N2O5. The van der Waals surface area contributed by atoms with E-state index in [0.29, 0.717) is 18.8 Å². The summed E-state index contributed by atoms with van der Waals surface area (Å²) in [6.07, 6.45) is 3.56. The number of piperidine rings is 1. The summed E-state index contributed by atoms with van der Waals surface area (Å²) < 4.78 is 16.4. The first-order valence-corrected chi connectivity index (χ1v) is 10.4. The number of rotatable bonds is 7. The molecule has 29 heavy (non-hydrogen) atoms. The van der Waals surface area contributed by atoms with E-state index in [1.54, 1.807) is 0 Å². The van der Waals surface area contributed by atoms with E-state index in [1.807, 2.05) is 49.9 Å². The van der Waals surface area contributed by atoms with Crippen LogP contribution in [-0.4, -0.2) is 61.0 Å². The lowest BCUT2D eigenvalue weighted by Crippen LogP contribution is -2.43. The molecule has 7 nitrogen and oxygen atoms in total. The van der Waals surface area contributed by atoms with E-state index in [2.05, 4.69) is 5.32 Å². The summed E-state index contributed by atoms with van der Waals surface area (Å²) in [6.45, 7) is 7.88. The van der Waals surface area contributed by atoms with Crippen LogP contribution >= 0.6 is 0 Å². The number of epoxide rings is 1. The maximum Gasteiger partial charge on any atom is 0.407 e. The van der Waals surface area contributed by atoms with Gasteiger partial charge in [-0.3, -0.25) is 4.79 Å². The summed E-state index contributed by atoms with van der Waals surface area (Å²) in [5, 5.41) is 2.91. The van der Waals surface area contributed by atoms with Crippen LogP contribution < -0.4 is 10.1 Å². The Kier molecular flexibility index (Phi) is 7.00. The monoisotopic (exact) mass is 404 g/mol. The molecule has 160 valence electrons. The average Bonchev–Trinajstić information content (AvgIpc) is 3.51. The van der Waals surface area contributed by atoms with Gasteiger partial charge in [-0.2, -0.15) is 0 Å². The first kappa shape index (κ1) is 21.4. The molecule has 7 heteroatoms. The SMILES string of the molecule is CC(C)(C)OC(=O)N[C@@H](Cc1ccc(OCC(=O)N2CCCCC2)cc1)[C@H]1CO1. The van der Waals surface area contributed by atoms with Crippen LogP contribution in [0.3, 0.4) is 0 Å². The predicted octanol–water partition coefficient (Wildman–Crippen LogP) is 2.91. The molecule has 3 rings (SSSR count). The van der Waals surface area contributed by atoms with E-state index in [4.69, 9.17) is 14.2 Å². The Hall–Kier alpha value is -2.28. The van der Waals surface area contributed by atoms with Crippen molar-refractivity contribution in [2.75, 3.05) is 26.3 Å². The van der Waals surface area contributed by atoms with Crippen LogP contribution in [-0.2, 0) is 20.7 Å². The van der Waals surface area contributed by atoms with Crippen LogP contribution in [0.2, 0.25) is 0 Å². The molecule has 2 atom stereocenters. The maximum absolute atomic E-state index is 12.2. The van der Waals surface area contributed by atoms with Crippen molar-refractivity contribution >= 4 is 12.0 Å². The van der Waals surface area contributed by atoms with Gasteiger partial charge in [-0.25, -0.2) is 4.79 Å². The molecule has 0 aliphatic carbocycles. The highest BCUT2D eigenvalue weighted by Crippen LogP contribution is 2.21. The van der Waals surface area contributed by atoms with Crippen LogP contribution in [0.15, 0.2) is 24.3 Å². The first-order valence-electron chi connectivity index (χ1n) is 10.4. The Morgan fingerprint density at radius 1 is 1.17 bits per heavy atom. The summed E-state index contributed by atoms with van der Waals surface area (Å²) in [5.74, 6) is 0.708. The third kappa shape index (κ3) is 7.24. The van der Waals surface area contributed by atoms with Gasteiger partial charge in [-0.1, -0.05) is 12.1 Å². The fourth-order valence-corrected chi connectivity index (χ4v) is 3.38. The van der Waals surface area contributed by atoms with Gasteiger partial charge in [-0.15, -0.1) is 0 Å². The molecule has 2 aliphatic heterocycles. The van der Waals surface area contributed by atoms with E-state index < -0.39 is 11.7 Å². The molecule has 2 aliphatic rings. The van der Waals surface area contributed by atoms with Gasteiger partial charge < -0.3 is 24.4 Å². The second kappa shape index (κ2) is 9.48. The zero-order chi connectivity index (χ0) is 20.9. The Morgan fingerprint density at radius 2 is 1.83 bits per heavy atom. The number of carbonyl (C=O) groups excluding carboxylic acids is 2. The normalized spacial score (nSPS) is 20.0. The Bertz CT molecular complexity index is 688. The number of amides is 2. The molecule has 0 aromatic heterocycles. The van der Waals surface area contributed by atoms with Gasteiger partial charge in [0.05, 0.1) is 12.6 Å². The summed E-state index contributed by atoms with van der Waals surface area (Å²) in [7, 11) is 0. The first-order chi connectivity index (χ1) is 13.8.